The second-order valence-corrected chi connectivity index (χ2v) is 5.29. The Morgan fingerprint density at radius 2 is 2.13 bits per heavy atom. The molecule has 15 heavy (non-hydrogen) atoms. The number of carbonyl (C=O) groups is 1. The molecular formula is C10H19ClN2OS. The van der Waals surface area contributed by atoms with Crippen molar-refractivity contribution in [1.29, 1.82) is 0 Å². The second kappa shape index (κ2) is 5.41. The largest absolute Gasteiger partial charge is 0.352 e. The van der Waals surface area contributed by atoms with Crippen molar-refractivity contribution >= 4 is 30.1 Å². The quantitative estimate of drug-likeness (QED) is 0.774. The van der Waals surface area contributed by atoms with Gasteiger partial charge in [0, 0.05) is 30.8 Å². The molecule has 1 amide bonds. The minimum absolute atomic E-state index is 0. The third-order valence-electron chi connectivity index (χ3n) is 3.26. The first-order valence-electron chi connectivity index (χ1n) is 5.24. The summed E-state index contributed by atoms with van der Waals surface area (Å²) in [4.78, 5) is 11.7. The number of piperidine rings is 1. The van der Waals surface area contributed by atoms with Crippen molar-refractivity contribution in [3.05, 3.63) is 0 Å². The van der Waals surface area contributed by atoms with Crippen LogP contribution in [0.5, 0.6) is 0 Å². The number of carbonyl (C=O) groups excluding carboxylic acids is 1. The molecule has 3 unspecified atom stereocenters. The minimum atomic E-state index is 0. The van der Waals surface area contributed by atoms with E-state index in [1.165, 1.54) is 0 Å². The molecule has 0 radical (unpaired) electrons. The van der Waals surface area contributed by atoms with Gasteiger partial charge in [-0.05, 0) is 18.1 Å². The molecule has 88 valence electrons. The van der Waals surface area contributed by atoms with Crippen molar-refractivity contribution in [3.63, 3.8) is 0 Å². The van der Waals surface area contributed by atoms with Crippen LogP contribution in [0.2, 0.25) is 0 Å². The molecule has 1 saturated heterocycles. The summed E-state index contributed by atoms with van der Waals surface area (Å²) < 4.78 is 0. The highest BCUT2D eigenvalue weighted by Gasteiger charge is 2.53. The highest BCUT2D eigenvalue weighted by Crippen LogP contribution is 2.41. The van der Waals surface area contributed by atoms with Gasteiger partial charge in [0.15, 0.2) is 0 Å². The van der Waals surface area contributed by atoms with Gasteiger partial charge in [-0.3, -0.25) is 4.79 Å². The highest BCUT2D eigenvalue weighted by atomic mass is 35.5. The van der Waals surface area contributed by atoms with Crippen LogP contribution in [-0.4, -0.2) is 37.0 Å². The first-order valence-corrected chi connectivity index (χ1v) is 6.63. The Kier molecular flexibility index (Phi) is 4.74. The molecule has 1 aliphatic heterocycles. The third-order valence-corrected chi connectivity index (χ3v) is 4.10. The second-order valence-electron chi connectivity index (χ2n) is 4.38. The molecule has 2 fully saturated rings. The van der Waals surface area contributed by atoms with Crippen LogP contribution in [0.3, 0.4) is 0 Å². The normalized spacial score (nSPS) is 33.9. The van der Waals surface area contributed by atoms with E-state index in [1.807, 2.05) is 13.2 Å². The molecule has 2 aliphatic rings. The van der Waals surface area contributed by atoms with Crippen molar-refractivity contribution < 1.29 is 4.79 Å². The lowest BCUT2D eigenvalue weighted by Crippen LogP contribution is -2.36. The minimum Gasteiger partial charge on any atom is -0.352 e. The molecule has 3 atom stereocenters. The fourth-order valence-electron chi connectivity index (χ4n) is 2.26. The van der Waals surface area contributed by atoms with Crippen LogP contribution in [0.1, 0.15) is 6.92 Å². The van der Waals surface area contributed by atoms with Crippen LogP contribution >= 0.6 is 24.2 Å². The Labute approximate surface area is 102 Å². The van der Waals surface area contributed by atoms with Gasteiger partial charge in [-0.15, -0.1) is 12.4 Å². The summed E-state index contributed by atoms with van der Waals surface area (Å²) in [6.07, 6.45) is 2.04. The van der Waals surface area contributed by atoms with Crippen LogP contribution in [0.25, 0.3) is 0 Å². The summed E-state index contributed by atoms with van der Waals surface area (Å²) >= 11 is 1.73. The van der Waals surface area contributed by atoms with E-state index in [4.69, 9.17) is 0 Å². The molecular weight excluding hydrogens is 232 g/mol. The first-order chi connectivity index (χ1) is 6.74. The van der Waals surface area contributed by atoms with Gasteiger partial charge >= 0.3 is 0 Å². The van der Waals surface area contributed by atoms with Crippen LogP contribution in [0, 0.1) is 17.8 Å². The van der Waals surface area contributed by atoms with Gasteiger partial charge in [-0.2, -0.15) is 11.8 Å². The number of nitrogens with one attached hydrogen (secondary N) is 2. The predicted octanol–water partition coefficient (Wildman–Crippen LogP) is 0.741. The summed E-state index contributed by atoms with van der Waals surface area (Å²) in [7, 11) is 0. The maximum Gasteiger partial charge on any atom is 0.223 e. The summed E-state index contributed by atoms with van der Waals surface area (Å²) in [5, 5.41) is 6.47. The zero-order chi connectivity index (χ0) is 10.1. The van der Waals surface area contributed by atoms with Gasteiger partial charge in [0.25, 0.3) is 0 Å². The molecule has 2 N–H and O–H groups in total. The fraction of sp³-hybridized carbons (Fsp3) is 0.900. The Bertz CT molecular complexity index is 229. The Hall–Kier alpha value is 0.0700. The number of amides is 1. The van der Waals surface area contributed by atoms with Gasteiger partial charge in [0.05, 0.1) is 0 Å². The van der Waals surface area contributed by atoms with Gasteiger partial charge in [-0.25, -0.2) is 0 Å². The predicted molar refractivity (Wildman–Crippen MR) is 66.6 cm³/mol. The Morgan fingerprint density at radius 1 is 1.53 bits per heavy atom. The number of halogens is 1. The lowest BCUT2D eigenvalue weighted by Gasteiger charge is -2.12. The van der Waals surface area contributed by atoms with E-state index < -0.39 is 0 Å². The molecule has 0 aromatic rings. The maximum atomic E-state index is 11.7. The van der Waals surface area contributed by atoms with Crippen molar-refractivity contribution in [1.82, 2.24) is 10.6 Å². The molecule has 0 aromatic heterocycles. The maximum absolute atomic E-state index is 11.7. The molecule has 1 aliphatic carbocycles. The number of hydrogen-bond acceptors (Lipinski definition) is 3. The van der Waals surface area contributed by atoms with Crippen molar-refractivity contribution in [3.8, 4) is 0 Å². The molecule has 0 bridgehead atoms. The zero-order valence-electron chi connectivity index (χ0n) is 9.16. The average molecular weight is 251 g/mol. The molecule has 2 rings (SSSR count). The standard InChI is InChI=1S/C10H18N2OS.ClH/c1-6(5-14-2)10(13)12-9-7-3-11-4-8(7)9;/h6-9,11H,3-5H2,1-2H3,(H,12,13);1H. The number of rotatable bonds is 4. The molecule has 0 spiro atoms. The van der Waals surface area contributed by atoms with Crippen molar-refractivity contribution in [2.45, 2.75) is 13.0 Å². The SMILES string of the molecule is CSCC(C)C(=O)NC1C2CNCC21.Cl. The van der Waals surface area contributed by atoms with Gasteiger partial charge in [0.2, 0.25) is 5.91 Å². The van der Waals surface area contributed by atoms with Gasteiger partial charge in [0.1, 0.15) is 0 Å². The molecule has 1 heterocycles. The summed E-state index contributed by atoms with van der Waals surface area (Å²) in [6.45, 7) is 4.18. The smallest absolute Gasteiger partial charge is 0.223 e. The molecule has 3 nitrogen and oxygen atoms in total. The van der Waals surface area contributed by atoms with Crippen LogP contribution < -0.4 is 10.6 Å². The molecule has 1 saturated carbocycles. The van der Waals surface area contributed by atoms with E-state index in [0.717, 1.165) is 30.7 Å². The fourth-order valence-corrected chi connectivity index (χ4v) is 2.92. The van der Waals surface area contributed by atoms with E-state index in [1.54, 1.807) is 11.8 Å². The Morgan fingerprint density at radius 3 is 2.67 bits per heavy atom. The first kappa shape index (κ1) is 13.1. The number of thioether (sulfide) groups is 1. The summed E-state index contributed by atoms with van der Waals surface area (Å²) in [5.74, 6) is 2.76. The topological polar surface area (TPSA) is 41.1 Å². The molecule has 5 heteroatoms. The average Bonchev–Trinajstić information content (AvgIpc) is 2.64. The van der Waals surface area contributed by atoms with Crippen LogP contribution in [-0.2, 0) is 4.79 Å². The van der Waals surface area contributed by atoms with E-state index in [0.29, 0.717) is 6.04 Å². The highest BCUT2D eigenvalue weighted by molar-refractivity contribution is 7.98. The number of fused-ring (bicyclic) bond motifs is 1. The van der Waals surface area contributed by atoms with Gasteiger partial charge in [-0.1, -0.05) is 6.92 Å². The van der Waals surface area contributed by atoms with E-state index in [2.05, 4.69) is 10.6 Å². The summed E-state index contributed by atoms with van der Waals surface area (Å²) in [5.41, 5.74) is 0. The van der Waals surface area contributed by atoms with Crippen molar-refractivity contribution in [2.24, 2.45) is 17.8 Å². The van der Waals surface area contributed by atoms with Crippen LogP contribution in [0.15, 0.2) is 0 Å². The van der Waals surface area contributed by atoms with Gasteiger partial charge < -0.3 is 10.6 Å². The molecule has 0 aromatic carbocycles. The monoisotopic (exact) mass is 250 g/mol. The lowest BCUT2D eigenvalue weighted by atomic mass is 10.2. The Balaban J connectivity index is 0.00000112. The van der Waals surface area contributed by atoms with Crippen LogP contribution in [0.4, 0.5) is 0 Å². The lowest BCUT2D eigenvalue weighted by molar-refractivity contribution is -0.124. The van der Waals surface area contributed by atoms with E-state index >= 15 is 0 Å². The van der Waals surface area contributed by atoms with Crippen molar-refractivity contribution in [2.75, 3.05) is 25.1 Å². The zero-order valence-corrected chi connectivity index (χ0v) is 10.8. The summed E-state index contributed by atoms with van der Waals surface area (Å²) in [6, 6.07) is 0.480. The van der Waals surface area contributed by atoms with E-state index in [-0.39, 0.29) is 24.2 Å². The third kappa shape index (κ3) is 2.80. The van der Waals surface area contributed by atoms with E-state index in [9.17, 15) is 4.79 Å². The number of hydrogen-bond donors (Lipinski definition) is 2.